The van der Waals surface area contributed by atoms with Crippen LogP contribution in [0, 0.1) is 0 Å². The topological polar surface area (TPSA) is 26.2 Å². The molecule has 1 aromatic carbocycles. The average Bonchev–Trinajstić information content (AvgIpc) is 2.78. The smallest absolute Gasteiger partial charge is 0.120 e. The maximum atomic E-state index is 5.51. The minimum atomic E-state index is 0.715. The molecule has 0 saturated heterocycles. The van der Waals surface area contributed by atoms with Crippen LogP contribution in [0.3, 0.4) is 0 Å². The summed E-state index contributed by atoms with van der Waals surface area (Å²) in [5, 5.41) is 4.67. The Balaban J connectivity index is 2.06. The Morgan fingerprint density at radius 2 is 2.06 bits per heavy atom. The number of aromatic nitrogens is 1. The molecule has 98 valence electrons. The molecule has 0 spiro atoms. The van der Waals surface area contributed by atoms with E-state index in [0.29, 0.717) is 6.61 Å². The molecule has 0 aliphatic rings. The average molecular weight is 246 g/mol. The Morgan fingerprint density at radius 1 is 1.17 bits per heavy atom. The lowest BCUT2D eigenvalue weighted by Crippen LogP contribution is -2.20. The molecule has 18 heavy (non-hydrogen) atoms. The standard InChI is InChI=1S/C15H22N2O/c1-3-8-16-9-11-17-10-7-13-12-14(18-4-2)5-6-15(13)17/h5-7,10,12,16H,3-4,8-9,11H2,1-2H3. The molecule has 1 aromatic heterocycles. The van der Waals surface area contributed by atoms with Crippen LogP contribution in [0.25, 0.3) is 10.9 Å². The molecule has 1 N–H and O–H groups in total. The first-order chi connectivity index (χ1) is 8.85. The highest BCUT2D eigenvalue weighted by atomic mass is 16.5. The normalized spacial score (nSPS) is 11.0. The predicted molar refractivity (Wildman–Crippen MR) is 76.3 cm³/mol. The second kappa shape index (κ2) is 6.45. The first-order valence-corrected chi connectivity index (χ1v) is 6.77. The maximum absolute atomic E-state index is 5.51. The van der Waals surface area contributed by atoms with Gasteiger partial charge in [-0.1, -0.05) is 6.92 Å². The van der Waals surface area contributed by atoms with Gasteiger partial charge in [-0.05, 0) is 44.2 Å². The largest absolute Gasteiger partial charge is 0.494 e. The summed E-state index contributed by atoms with van der Waals surface area (Å²) >= 11 is 0. The monoisotopic (exact) mass is 246 g/mol. The number of nitrogens with one attached hydrogen (secondary N) is 1. The highest BCUT2D eigenvalue weighted by Crippen LogP contribution is 2.21. The Labute approximate surface area is 109 Å². The van der Waals surface area contributed by atoms with Gasteiger partial charge in [0.1, 0.15) is 5.75 Å². The maximum Gasteiger partial charge on any atom is 0.120 e. The van der Waals surface area contributed by atoms with E-state index in [4.69, 9.17) is 4.74 Å². The lowest BCUT2D eigenvalue weighted by Gasteiger charge is -2.07. The molecular weight excluding hydrogens is 224 g/mol. The molecule has 2 aromatic rings. The Hall–Kier alpha value is -1.48. The molecule has 0 saturated carbocycles. The third kappa shape index (κ3) is 3.05. The second-order valence-corrected chi connectivity index (χ2v) is 4.41. The Morgan fingerprint density at radius 3 is 2.83 bits per heavy atom. The molecule has 0 aliphatic heterocycles. The number of nitrogens with zero attached hydrogens (tertiary/aromatic N) is 1. The van der Waals surface area contributed by atoms with Crippen LogP contribution in [0.5, 0.6) is 5.75 Å². The van der Waals surface area contributed by atoms with Crippen LogP contribution in [-0.4, -0.2) is 24.3 Å². The van der Waals surface area contributed by atoms with E-state index in [-0.39, 0.29) is 0 Å². The minimum Gasteiger partial charge on any atom is -0.494 e. The van der Waals surface area contributed by atoms with E-state index in [0.717, 1.165) is 25.4 Å². The molecule has 0 unspecified atom stereocenters. The van der Waals surface area contributed by atoms with Crippen molar-refractivity contribution < 1.29 is 4.74 Å². The van der Waals surface area contributed by atoms with Gasteiger partial charge in [-0.2, -0.15) is 0 Å². The lowest BCUT2D eigenvalue weighted by atomic mass is 10.2. The third-order valence-corrected chi connectivity index (χ3v) is 3.01. The van der Waals surface area contributed by atoms with Gasteiger partial charge in [0.25, 0.3) is 0 Å². The van der Waals surface area contributed by atoms with Crippen molar-refractivity contribution in [2.75, 3.05) is 19.7 Å². The van der Waals surface area contributed by atoms with Gasteiger partial charge in [0.2, 0.25) is 0 Å². The van der Waals surface area contributed by atoms with E-state index in [2.05, 4.69) is 41.2 Å². The van der Waals surface area contributed by atoms with Crippen molar-refractivity contribution >= 4 is 10.9 Å². The summed E-state index contributed by atoms with van der Waals surface area (Å²) in [6, 6.07) is 8.44. The van der Waals surface area contributed by atoms with Crippen LogP contribution in [0.1, 0.15) is 20.3 Å². The summed E-state index contributed by atoms with van der Waals surface area (Å²) in [7, 11) is 0. The molecule has 0 bridgehead atoms. The van der Waals surface area contributed by atoms with Crippen molar-refractivity contribution in [2.24, 2.45) is 0 Å². The van der Waals surface area contributed by atoms with Gasteiger partial charge in [0, 0.05) is 30.2 Å². The van der Waals surface area contributed by atoms with Crippen molar-refractivity contribution in [3.8, 4) is 5.75 Å². The van der Waals surface area contributed by atoms with Crippen molar-refractivity contribution in [1.82, 2.24) is 9.88 Å². The molecule has 0 aliphatic carbocycles. The van der Waals surface area contributed by atoms with Gasteiger partial charge in [-0.25, -0.2) is 0 Å². The molecule has 3 nitrogen and oxygen atoms in total. The summed E-state index contributed by atoms with van der Waals surface area (Å²) in [6.07, 6.45) is 3.33. The first-order valence-electron chi connectivity index (χ1n) is 6.77. The zero-order chi connectivity index (χ0) is 12.8. The van der Waals surface area contributed by atoms with E-state index in [9.17, 15) is 0 Å². The van der Waals surface area contributed by atoms with Crippen molar-refractivity contribution in [3.63, 3.8) is 0 Å². The van der Waals surface area contributed by atoms with Gasteiger partial charge >= 0.3 is 0 Å². The molecule has 2 rings (SSSR count). The second-order valence-electron chi connectivity index (χ2n) is 4.41. The summed E-state index contributed by atoms with van der Waals surface area (Å²) in [5.74, 6) is 0.951. The minimum absolute atomic E-state index is 0.715. The van der Waals surface area contributed by atoms with Gasteiger partial charge in [-0.3, -0.25) is 0 Å². The van der Waals surface area contributed by atoms with E-state index >= 15 is 0 Å². The number of benzene rings is 1. The summed E-state index contributed by atoms with van der Waals surface area (Å²) in [5.41, 5.74) is 1.27. The molecule has 3 heteroatoms. The van der Waals surface area contributed by atoms with E-state index in [1.165, 1.54) is 17.3 Å². The Kier molecular flexibility index (Phi) is 4.65. The van der Waals surface area contributed by atoms with Crippen LogP contribution in [0.2, 0.25) is 0 Å². The number of ether oxygens (including phenoxy) is 1. The zero-order valence-corrected chi connectivity index (χ0v) is 11.3. The van der Waals surface area contributed by atoms with E-state index < -0.39 is 0 Å². The summed E-state index contributed by atoms with van der Waals surface area (Å²) < 4.78 is 7.80. The molecule has 0 atom stereocenters. The van der Waals surface area contributed by atoms with Gasteiger partial charge in [0.15, 0.2) is 0 Å². The third-order valence-electron chi connectivity index (χ3n) is 3.01. The lowest BCUT2D eigenvalue weighted by molar-refractivity contribution is 0.340. The predicted octanol–water partition coefficient (Wildman–Crippen LogP) is 3.04. The molecule has 0 amide bonds. The fourth-order valence-electron chi connectivity index (χ4n) is 2.13. The fourth-order valence-corrected chi connectivity index (χ4v) is 2.13. The van der Waals surface area contributed by atoms with E-state index in [1.54, 1.807) is 0 Å². The molecular formula is C15H22N2O. The first kappa shape index (κ1) is 13.0. The highest BCUT2D eigenvalue weighted by molar-refractivity contribution is 5.81. The van der Waals surface area contributed by atoms with Crippen molar-refractivity contribution in [3.05, 3.63) is 30.5 Å². The molecule has 1 heterocycles. The van der Waals surface area contributed by atoms with Crippen LogP contribution >= 0.6 is 0 Å². The van der Waals surface area contributed by atoms with Gasteiger partial charge in [-0.15, -0.1) is 0 Å². The van der Waals surface area contributed by atoms with Crippen LogP contribution in [0.15, 0.2) is 30.5 Å². The highest BCUT2D eigenvalue weighted by Gasteiger charge is 2.02. The van der Waals surface area contributed by atoms with Crippen LogP contribution < -0.4 is 10.1 Å². The quantitative estimate of drug-likeness (QED) is 0.760. The molecule has 0 radical (unpaired) electrons. The SMILES string of the molecule is CCCNCCn1ccc2cc(OCC)ccc21. The number of rotatable bonds is 7. The summed E-state index contributed by atoms with van der Waals surface area (Å²) in [6.45, 7) is 8.03. The zero-order valence-electron chi connectivity index (χ0n) is 11.3. The van der Waals surface area contributed by atoms with Crippen LogP contribution in [0.4, 0.5) is 0 Å². The number of fused-ring (bicyclic) bond motifs is 1. The van der Waals surface area contributed by atoms with E-state index in [1.807, 2.05) is 13.0 Å². The van der Waals surface area contributed by atoms with Gasteiger partial charge < -0.3 is 14.6 Å². The van der Waals surface area contributed by atoms with Crippen molar-refractivity contribution in [2.45, 2.75) is 26.8 Å². The molecule has 0 fully saturated rings. The fraction of sp³-hybridized carbons (Fsp3) is 0.467. The number of hydrogen-bond acceptors (Lipinski definition) is 2. The Bertz CT molecular complexity index is 490. The van der Waals surface area contributed by atoms with Gasteiger partial charge in [0.05, 0.1) is 6.61 Å². The summed E-state index contributed by atoms with van der Waals surface area (Å²) in [4.78, 5) is 0. The number of hydrogen-bond donors (Lipinski definition) is 1. The van der Waals surface area contributed by atoms with Crippen molar-refractivity contribution in [1.29, 1.82) is 0 Å². The van der Waals surface area contributed by atoms with Crippen LogP contribution in [-0.2, 0) is 6.54 Å².